The van der Waals surface area contributed by atoms with Gasteiger partial charge < -0.3 is 0 Å². The summed E-state index contributed by atoms with van der Waals surface area (Å²) in [6, 6.07) is 0. The first-order valence-corrected chi connectivity index (χ1v) is 8.94. The van der Waals surface area contributed by atoms with E-state index in [1.807, 2.05) is 0 Å². The van der Waals surface area contributed by atoms with Crippen LogP contribution >= 0.6 is 0 Å². The van der Waals surface area contributed by atoms with Crippen LogP contribution in [0.4, 0.5) is 0 Å². The lowest BCUT2D eigenvalue weighted by Crippen LogP contribution is -2.14. The smallest absolute Gasteiger partial charge is 0.0213 e. The number of allylic oxidation sites excluding steroid dienone is 2. The molecule has 0 bridgehead atoms. The molecule has 0 unspecified atom stereocenters. The van der Waals surface area contributed by atoms with Crippen molar-refractivity contribution < 1.29 is 0 Å². The van der Waals surface area contributed by atoms with Crippen molar-refractivity contribution in [3.05, 3.63) is 12.2 Å². The molecule has 0 aliphatic carbocycles. The summed E-state index contributed by atoms with van der Waals surface area (Å²) in [5.74, 6) is 2.23. The predicted molar refractivity (Wildman–Crippen MR) is 101 cm³/mol. The van der Waals surface area contributed by atoms with Crippen molar-refractivity contribution in [1.29, 1.82) is 0 Å². The number of hydrogen-bond acceptors (Lipinski definition) is 0. The van der Waals surface area contributed by atoms with E-state index in [0.717, 1.165) is 5.92 Å². The molecule has 0 aromatic heterocycles. The second-order valence-electron chi connectivity index (χ2n) is 9.63. The minimum absolute atomic E-state index is 0.408. The van der Waals surface area contributed by atoms with Crippen molar-refractivity contribution in [3.63, 3.8) is 0 Å². The maximum atomic E-state index is 2.32. The van der Waals surface area contributed by atoms with Gasteiger partial charge in [0.25, 0.3) is 0 Å². The Bertz CT molecular complexity index is 255. The molecule has 128 valence electrons. The Kier molecular flexibility index (Phi) is 11.5. The molecular formula is C21H44. The highest BCUT2D eigenvalue weighted by atomic mass is 14.2. The highest BCUT2D eigenvalue weighted by Crippen LogP contribution is 2.26. The topological polar surface area (TPSA) is 0 Å². The van der Waals surface area contributed by atoms with Crippen LogP contribution in [0.5, 0.6) is 0 Å². The van der Waals surface area contributed by atoms with E-state index >= 15 is 0 Å². The zero-order valence-corrected chi connectivity index (χ0v) is 17.0. The van der Waals surface area contributed by atoms with E-state index in [1.165, 1.54) is 19.3 Å². The quantitative estimate of drug-likeness (QED) is 0.455. The van der Waals surface area contributed by atoms with Gasteiger partial charge in [-0.25, -0.2) is 0 Å². The average molecular weight is 297 g/mol. The van der Waals surface area contributed by atoms with Crippen LogP contribution in [0, 0.1) is 28.6 Å². The molecule has 0 saturated carbocycles. The Hall–Kier alpha value is -0.260. The van der Waals surface area contributed by atoms with Gasteiger partial charge in [0.1, 0.15) is 0 Å². The van der Waals surface area contributed by atoms with Gasteiger partial charge in [-0.3, -0.25) is 0 Å². The van der Waals surface area contributed by atoms with Crippen LogP contribution in [0.1, 0.15) is 95.4 Å². The standard InChI is InChI=1S/C11H22.C10H22/c1-9(2)7-8-10(3)11(4,5)6;1-9(2)7-6-8-10(3,4)5/h7-10H,1-6H3;9H,6-8H2,1-5H3/b8-7+;/t10-;/m0./s1. The summed E-state index contributed by atoms with van der Waals surface area (Å²) in [5, 5.41) is 0. The second-order valence-corrected chi connectivity index (χ2v) is 9.63. The van der Waals surface area contributed by atoms with Crippen molar-refractivity contribution in [1.82, 2.24) is 0 Å². The van der Waals surface area contributed by atoms with Gasteiger partial charge in [-0.2, -0.15) is 0 Å². The third kappa shape index (κ3) is 19.7. The van der Waals surface area contributed by atoms with Crippen LogP contribution < -0.4 is 0 Å². The molecule has 0 spiro atoms. The van der Waals surface area contributed by atoms with Gasteiger partial charge in [-0.05, 0) is 35.0 Å². The summed E-state index contributed by atoms with van der Waals surface area (Å²) in [6.45, 7) is 25.1. The fourth-order valence-corrected chi connectivity index (χ4v) is 1.72. The summed E-state index contributed by atoms with van der Waals surface area (Å²) in [6.07, 6.45) is 8.75. The molecule has 0 amide bonds. The minimum Gasteiger partial charge on any atom is -0.0857 e. The Morgan fingerprint density at radius 3 is 1.52 bits per heavy atom. The summed E-state index contributed by atoms with van der Waals surface area (Å²) < 4.78 is 0. The first kappa shape index (κ1) is 23.0. The third-order valence-corrected chi connectivity index (χ3v) is 3.86. The Labute approximate surface area is 136 Å². The van der Waals surface area contributed by atoms with Gasteiger partial charge in [0.05, 0.1) is 0 Å². The molecule has 1 atom stereocenters. The SMILES string of the molecule is CC(C)/C=C/[C@H](C)C(C)(C)C.CC(C)CCCC(C)(C)C. The molecule has 0 aliphatic rings. The van der Waals surface area contributed by atoms with Gasteiger partial charge in [0.2, 0.25) is 0 Å². The van der Waals surface area contributed by atoms with Crippen LogP contribution in [0.2, 0.25) is 0 Å². The van der Waals surface area contributed by atoms with Crippen molar-refractivity contribution in [2.24, 2.45) is 28.6 Å². The van der Waals surface area contributed by atoms with Gasteiger partial charge in [0, 0.05) is 0 Å². The van der Waals surface area contributed by atoms with Crippen LogP contribution in [-0.4, -0.2) is 0 Å². The second kappa shape index (κ2) is 10.5. The molecule has 0 heteroatoms. The summed E-state index contributed by atoms with van der Waals surface area (Å²) in [7, 11) is 0. The largest absolute Gasteiger partial charge is 0.0857 e. The summed E-state index contributed by atoms with van der Waals surface area (Å²) in [4.78, 5) is 0. The normalized spacial score (nSPS) is 14.5. The van der Waals surface area contributed by atoms with E-state index in [2.05, 4.69) is 88.3 Å². The molecule has 0 fully saturated rings. The van der Waals surface area contributed by atoms with Gasteiger partial charge >= 0.3 is 0 Å². The maximum Gasteiger partial charge on any atom is -0.0213 e. The lowest BCUT2D eigenvalue weighted by atomic mass is 9.81. The van der Waals surface area contributed by atoms with E-state index < -0.39 is 0 Å². The highest BCUT2D eigenvalue weighted by Gasteiger charge is 2.16. The molecule has 0 saturated heterocycles. The summed E-state index contributed by atoms with van der Waals surface area (Å²) in [5.41, 5.74) is 0.945. The van der Waals surface area contributed by atoms with Crippen LogP contribution in [0.25, 0.3) is 0 Å². The van der Waals surface area contributed by atoms with Crippen LogP contribution in [0.15, 0.2) is 12.2 Å². The van der Waals surface area contributed by atoms with Crippen molar-refractivity contribution in [2.75, 3.05) is 0 Å². The maximum absolute atomic E-state index is 2.32. The lowest BCUT2D eigenvalue weighted by Gasteiger charge is -2.24. The Morgan fingerprint density at radius 1 is 0.762 bits per heavy atom. The molecule has 0 N–H and O–H groups in total. The van der Waals surface area contributed by atoms with Crippen LogP contribution in [-0.2, 0) is 0 Å². The van der Waals surface area contributed by atoms with Gasteiger partial charge in [0.15, 0.2) is 0 Å². The molecule has 0 aromatic carbocycles. The molecule has 0 nitrogen and oxygen atoms in total. The molecule has 0 radical (unpaired) electrons. The molecular weight excluding hydrogens is 252 g/mol. The monoisotopic (exact) mass is 296 g/mol. The van der Waals surface area contributed by atoms with Gasteiger partial charge in [-0.1, -0.05) is 101 Å². The molecule has 0 aromatic rings. The van der Waals surface area contributed by atoms with E-state index in [4.69, 9.17) is 0 Å². The van der Waals surface area contributed by atoms with E-state index in [-0.39, 0.29) is 0 Å². The fraction of sp³-hybridized carbons (Fsp3) is 0.905. The zero-order chi connectivity index (χ0) is 17.3. The Morgan fingerprint density at radius 2 is 1.24 bits per heavy atom. The van der Waals surface area contributed by atoms with Crippen molar-refractivity contribution in [2.45, 2.75) is 95.4 Å². The summed E-state index contributed by atoms with van der Waals surface area (Å²) >= 11 is 0. The Balaban J connectivity index is 0. The van der Waals surface area contributed by atoms with Gasteiger partial charge in [-0.15, -0.1) is 0 Å². The predicted octanol–water partition coefficient (Wildman–Crippen LogP) is 7.74. The van der Waals surface area contributed by atoms with E-state index in [9.17, 15) is 0 Å². The van der Waals surface area contributed by atoms with Crippen LogP contribution in [0.3, 0.4) is 0 Å². The van der Waals surface area contributed by atoms with E-state index in [0.29, 0.717) is 22.7 Å². The number of hydrogen-bond donors (Lipinski definition) is 0. The zero-order valence-electron chi connectivity index (χ0n) is 17.0. The molecule has 0 aliphatic heterocycles. The first-order valence-electron chi connectivity index (χ1n) is 8.94. The van der Waals surface area contributed by atoms with E-state index in [1.54, 1.807) is 0 Å². The lowest BCUT2D eigenvalue weighted by molar-refractivity contribution is 0.313. The fourth-order valence-electron chi connectivity index (χ4n) is 1.72. The first-order chi connectivity index (χ1) is 9.25. The molecule has 0 heterocycles. The molecule has 0 rings (SSSR count). The third-order valence-electron chi connectivity index (χ3n) is 3.86. The minimum atomic E-state index is 0.408. The van der Waals surface area contributed by atoms with Crippen molar-refractivity contribution >= 4 is 0 Å². The highest BCUT2D eigenvalue weighted by molar-refractivity contribution is 4.93. The average Bonchev–Trinajstić information content (AvgIpc) is 2.22. The molecule has 21 heavy (non-hydrogen) atoms. The van der Waals surface area contributed by atoms with Crippen molar-refractivity contribution in [3.8, 4) is 0 Å². The number of rotatable bonds is 5.